The van der Waals surface area contributed by atoms with Crippen molar-refractivity contribution < 1.29 is 19.4 Å². The van der Waals surface area contributed by atoms with Crippen LogP contribution < -0.4 is 0 Å². The Morgan fingerprint density at radius 2 is 2.54 bits per heavy atom. The zero-order valence-electron chi connectivity index (χ0n) is 7.86. The Hall–Kier alpha value is -0.610. The first kappa shape index (κ1) is 10.5. The molecule has 0 amide bonds. The van der Waals surface area contributed by atoms with Gasteiger partial charge >= 0.3 is 5.97 Å². The minimum Gasteiger partial charge on any atom is -0.467 e. The Balaban J connectivity index is 2.25. The van der Waals surface area contributed by atoms with E-state index < -0.39 is 12.1 Å². The summed E-state index contributed by atoms with van der Waals surface area (Å²) in [6.45, 7) is 1.44. The van der Waals surface area contributed by atoms with E-state index in [-0.39, 0.29) is 0 Å². The van der Waals surface area contributed by atoms with Crippen molar-refractivity contribution in [2.45, 2.75) is 25.4 Å². The van der Waals surface area contributed by atoms with E-state index in [0.717, 1.165) is 19.4 Å². The van der Waals surface area contributed by atoms with E-state index in [1.165, 1.54) is 7.11 Å². The minimum absolute atomic E-state index is 0.294. The summed E-state index contributed by atoms with van der Waals surface area (Å²) in [6, 6.07) is 0. The zero-order valence-corrected chi connectivity index (χ0v) is 7.86. The monoisotopic (exact) mass is 188 g/mol. The van der Waals surface area contributed by atoms with Crippen LogP contribution in [0.2, 0.25) is 0 Å². The van der Waals surface area contributed by atoms with Gasteiger partial charge in [0.2, 0.25) is 0 Å². The molecule has 1 N–H and O–H groups in total. The van der Waals surface area contributed by atoms with Gasteiger partial charge in [0.25, 0.3) is 0 Å². The quantitative estimate of drug-likeness (QED) is 0.649. The largest absolute Gasteiger partial charge is 0.467 e. The van der Waals surface area contributed by atoms with Crippen molar-refractivity contribution in [2.75, 3.05) is 20.3 Å². The average molecular weight is 188 g/mol. The molecule has 0 aromatic rings. The topological polar surface area (TPSA) is 55.8 Å². The second-order valence-electron chi connectivity index (χ2n) is 3.36. The number of hydrogen-bond acceptors (Lipinski definition) is 4. The number of hydrogen-bond donors (Lipinski definition) is 1. The summed E-state index contributed by atoms with van der Waals surface area (Å²) in [7, 11) is 1.28. The number of aliphatic hydroxyl groups excluding tert-OH is 1. The first-order chi connectivity index (χ1) is 6.24. The van der Waals surface area contributed by atoms with Crippen LogP contribution in [-0.4, -0.2) is 37.5 Å². The van der Waals surface area contributed by atoms with Gasteiger partial charge in [0.15, 0.2) is 6.10 Å². The van der Waals surface area contributed by atoms with Gasteiger partial charge in [0.1, 0.15) is 0 Å². The highest BCUT2D eigenvalue weighted by Crippen LogP contribution is 2.19. The van der Waals surface area contributed by atoms with E-state index in [1.54, 1.807) is 0 Å². The van der Waals surface area contributed by atoms with Crippen molar-refractivity contribution in [3.8, 4) is 0 Å². The van der Waals surface area contributed by atoms with Gasteiger partial charge in [0, 0.05) is 13.2 Å². The summed E-state index contributed by atoms with van der Waals surface area (Å²) < 4.78 is 9.66. The van der Waals surface area contributed by atoms with Crippen LogP contribution in [0.1, 0.15) is 19.3 Å². The molecule has 1 rings (SSSR count). The van der Waals surface area contributed by atoms with Crippen LogP contribution in [0.3, 0.4) is 0 Å². The van der Waals surface area contributed by atoms with E-state index >= 15 is 0 Å². The van der Waals surface area contributed by atoms with Crippen molar-refractivity contribution in [1.82, 2.24) is 0 Å². The van der Waals surface area contributed by atoms with Crippen LogP contribution in [0, 0.1) is 5.92 Å². The van der Waals surface area contributed by atoms with E-state index in [9.17, 15) is 9.90 Å². The number of aliphatic hydroxyl groups is 1. The van der Waals surface area contributed by atoms with E-state index in [2.05, 4.69) is 4.74 Å². The molecule has 1 aliphatic rings. The molecule has 76 valence electrons. The molecule has 0 radical (unpaired) electrons. The second kappa shape index (κ2) is 5.19. The molecule has 0 aliphatic carbocycles. The first-order valence-electron chi connectivity index (χ1n) is 4.57. The summed E-state index contributed by atoms with van der Waals surface area (Å²) in [6.07, 6.45) is 1.50. The molecule has 13 heavy (non-hydrogen) atoms. The summed E-state index contributed by atoms with van der Waals surface area (Å²) in [5.74, 6) is -0.256. The molecule has 0 aromatic heterocycles. The highest BCUT2D eigenvalue weighted by molar-refractivity contribution is 5.74. The molecular weight excluding hydrogens is 172 g/mol. The lowest BCUT2D eigenvalue weighted by Gasteiger charge is -2.23. The highest BCUT2D eigenvalue weighted by atomic mass is 16.5. The molecule has 1 aliphatic heterocycles. The molecular formula is C9H16O4. The Morgan fingerprint density at radius 3 is 3.08 bits per heavy atom. The van der Waals surface area contributed by atoms with Crippen LogP contribution in [0.25, 0.3) is 0 Å². The Labute approximate surface area is 77.8 Å². The predicted octanol–water partition coefficient (Wildman–Crippen LogP) is 0.337. The van der Waals surface area contributed by atoms with Crippen molar-refractivity contribution in [3.05, 3.63) is 0 Å². The number of carbonyl (C=O) groups is 1. The van der Waals surface area contributed by atoms with Crippen LogP contribution in [0.5, 0.6) is 0 Å². The number of esters is 1. The standard InChI is InChI=1S/C9H16O4/c1-12-9(11)8(10)5-7-3-2-4-13-6-7/h7-8,10H,2-6H2,1H3. The van der Waals surface area contributed by atoms with Crippen LogP contribution >= 0.6 is 0 Å². The third-order valence-corrected chi connectivity index (χ3v) is 2.28. The average Bonchev–Trinajstić information content (AvgIpc) is 2.18. The SMILES string of the molecule is COC(=O)C(O)CC1CCCOC1. The molecule has 0 bridgehead atoms. The van der Waals surface area contributed by atoms with Gasteiger partial charge in [-0.05, 0) is 25.2 Å². The van der Waals surface area contributed by atoms with Crippen LogP contribution in [0.4, 0.5) is 0 Å². The fraction of sp³-hybridized carbons (Fsp3) is 0.889. The lowest BCUT2D eigenvalue weighted by Crippen LogP contribution is -2.28. The predicted molar refractivity (Wildman–Crippen MR) is 46.2 cm³/mol. The van der Waals surface area contributed by atoms with Crippen molar-refractivity contribution >= 4 is 5.97 Å². The molecule has 1 saturated heterocycles. The number of ether oxygens (including phenoxy) is 2. The molecule has 4 heteroatoms. The molecule has 0 saturated carbocycles. The Kier molecular flexibility index (Phi) is 4.18. The summed E-state index contributed by atoms with van der Waals surface area (Å²) in [5, 5.41) is 9.34. The third-order valence-electron chi connectivity index (χ3n) is 2.28. The fourth-order valence-corrected chi connectivity index (χ4v) is 1.54. The van der Waals surface area contributed by atoms with Crippen molar-refractivity contribution in [3.63, 3.8) is 0 Å². The molecule has 2 unspecified atom stereocenters. The van der Waals surface area contributed by atoms with E-state index in [1.807, 2.05) is 0 Å². The van der Waals surface area contributed by atoms with Gasteiger partial charge in [-0.25, -0.2) is 4.79 Å². The Morgan fingerprint density at radius 1 is 1.77 bits per heavy atom. The summed E-state index contributed by atoms with van der Waals surface area (Å²) >= 11 is 0. The van der Waals surface area contributed by atoms with Gasteiger partial charge in [-0.15, -0.1) is 0 Å². The van der Waals surface area contributed by atoms with Gasteiger partial charge in [-0.1, -0.05) is 0 Å². The molecule has 2 atom stereocenters. The number of methoxy groups -OCH3 is 1. The van der Waals surface area contributed by atoms with Gasteiger partial charge < -0.3 is 14.6 Å². The fourth-order valence-electron chi connectivity index (χ4n) is 1.54. The first-order valence-corrected chi connectivity index (χ1v) is 4.57. The maximum atomic E-state index is 10.9. The van der Waals surface area contributed by atoms with E-state index in [4.69, 9.17) is 4.74 Å². The lowest BCUT2D eigenvalue weighted by molar-refractivity contribution is -0.151. The normalized spacial score (nSPS) is 25.2. The maximum absolute atomic E-state index is 10.9. The maximum Gasteiger partial charge on any atom is 0.334 e. The summed E-state index contributed by atoms with van der Waals surface area (Å²) in [5.41, 5.74) is 0. The third kappa shape index (κ3) is 3.32. The minimum atomic E-state index is -0.989. The van der Waals surface area contributed by atoms with Gasteiger partial charge in [-0.3, -0.25) is 0 Å². The number of rotatable bonds is 3. The Bertz CT molecular complexity index is 163. The van der Waals surface area contributed by atoms with Crippen molar-refractivity contribution in [2.24, 2.45) is 5.92 Å². The van der Waals surface area contributed by atoms with Crippen LogP contribution in [-0.2, 0) is 14.3 Å². The van der Waals surface area contributed by atoms with Gasteiger partial charge in [-0.2, -0.15) is 0 Å². The smallest absolute Gasteiger partial charge is 0.334 e. The van der Waals surface area contributed by atoms with E-state index in [0.29, 0.717) is 18.9 Å². The lowest BCUT2D eigenvalue weighted by atomic mass is 9.96. The van der Waals surface area contributed by atoms with Crippen molar-refractivity contribution in [1.29, 1.82) is 0 Å². The zero-order chi connectivity index (χ0) is 9.68. The second-order valence-corrected chi connectivity index (χ2v) is 3.36. The van der Waals surface area contributed by atoms with Gasteiger partial charge in [0.05, 0.1) is 7.11 Å². The molecule has 0 spiro atoms. The molecule has 1 fully saturated rings. The number of carbonyl (C=O) groups excluding carboxylic acids is 1. The molecule has 4 nitrogen and oxygen atoms in total. The molecule has 1 heterocycles. The highest BCUT2D eigenvalue weighted by Gasteiger charge is 2.22. The molecule has 0 aromatic carbocycles. The van der Waals surface area contributed by atoms with Crippen LogP contribution in [0.15, 0.2) is 0 Å². The summed E-state index contributed by atoms with van der Waals surface area (Å²) in [4.78, 5) is 10.9.